The molecule has 3 heteroatoms. The van der Waals surface area contributed by atoms with E-state index in [0.29, 0.717) is 18.5 Å². The van der Waals surface area contributed by atoms with E-state index in [4.69, 9.17) is 11.0 Å². The van der Waals surface area contributed by atoms with Gasteiger partial charge in [0.15, 0.2) is 0 Å². The highest BCUT2D eigenvalue weighted by Crippen LogP contribution is 2.22. The highest BCUT2D eigenvalue weighted by Gasteiger charge is 2.25. The summed E-state index contributed by atoms with van der Waals surface area (Å²) < 4.78 is 0. The van der Waals surface area contributed by atoms with Crippen molar-refractivity contribution in [2.45, 2.75) is 51.1 Å². The number of rotatable bonds is 4. The third kappa shape index (κ3) is 2.97. The standard InChI is InChI=1S/C11H21N3/c1-10-5-4-6-11(9-13)14(10)8-3-2-7-12/h10-11H,2-6,8-9,13H2,1H3. The second kappa shape index (κ2) is 6.00. The molecule has 1 fully saturated rings. The molecule has 0 saturated carbocycles. The van der Waals surface area contributed by atoms with E-state index in [1.807, 2.05) is 0 Å². The van der Waals surface area contributed by atoms with Gasteiger partial charge < -0.3 is 5.73 Å². The Morgan fingerprint density at radius 3 is 2.93 bits per heavy atom. The molecule has 0 aromatic heterocycles. The first-order valence-corrected chi connectivity index (χ1v) is 5.62. The first-order chi connectivity index (χ1) is 6.79. The van der Waals surface area contributed by atoms with Gasteiger partial charge in [0.05, 0.1) is 6.07 Å². The van der Waals surface area contributed by atoms with Gasteiger partial charge >= 0.3 is 0 Å². The molecule has 80 valence electrons. The van der Waals surface area contributed by atoms with Crippen LogP contribution in [0.2, 0.25) is 0 Å². The predicted molar refractivity (Wildman–Crippen MR) is 57.7 cm³/mol. The Bertz CT molecular complexity index is 197. The number of hydrogen-bond acceptors (Lipinski definition) is 3. The smallest absolute Gasteiger partial charge is 0.0622 e. The zero-order chi connectivity index (χ0) is 10.4. The molecule has 0 amide bonds. The third-order valence-corrected chi connectivity index (χ3v) is 3.17. The minimum absolute atomic E-state index is 0.553. The largest absolute Gasteiger partial charge is 0.329 e. The summed E-state index contributed by atoms with van der Waals surface area (Å²) in [6.45, 7) is 4.07. The van der Waals surface area contributed by atoms with Crippen LogP contribution in [0.25, 0.3) is 0 Å². The van der Waals surface area contributed by atoms with Crippen LogP contribution in [-0.2, 0) is 0 Å². The number of unbranched alkanes of at least 4 members (excludes halogenated alkanes) is 1. The third-order valence-electron chi connectivity index (χ3n) is 3.17. The van der Waals surface area contributed by atoms with Crippen molar-refractivity contribution in [1.82, 2.24) is 4.90 Å². The minimum Gasteiger partial charge on any atom is -0.329 e. The Balaban J connectivity index is 2.39. The second-order valence-corrected chi connectivity index (χ2v) is 4.17. The van der Waals surface area contributed by atoms with Gasteiger partial charge in [0.25, 0.3) is 0 Å². The number of nitrogens with zero attached hydrogens (tertiary/aromatic N) is 2. The maximum atomic E-state index is 8.49. The first-order valence-electron chi connectivity index (χ1n) is 5.62. The minimum atomic E-state index is 0.553. The van der Waals surface area contributed by atoms with Gasteiger partial charge in [0, 0.05) is 25.0 Å². The van der Waals surface area contributed by atoms with Gasteiger partial charge in [-0.1, -0.05) is 6.42 Å². The lowest BCUT2D eigenvalue weighted by Crippen LogP contribution is -2.49. The maximum absolute atomic E-state index is 8.49. The number of likely N-dealkylation sites (tertiary alicyclic amines) is 1. The van der Waals surface area contributed by atoms with Crippen LogP contribution in [0.3, 0.4) is 0 Å². The Hall–Kier alpha value is -0.590. The molecule has 3 nitrogen and oxygen atoms in total. The molecule has 1 rings (SSSR count). The molecule has 1 saturated heterocycles. The predicted octanol–water partition coefficient (Wildman–Crippen LogP) is 1.49. The number of nitrogens with two attached hydrogens (primary N) is 1. The molecule has 2 N–H and O–H groups in total. The molecular formula is C11H21N3. The van der Waals surface area contributed by atoms with Gasteiger partial charge in [0.2, 0.25) is 0 Å². The van der Waals surface area contributed by atoms with E-state index in [1.165, 1.54) is 19.3 Å². The summed E-state index contributed by atoms with van der Waals surface area (Å²) in [5.74, 6) is 0. The van der Waals surface area contributed by atoms with Crippen LogP contribution in [0.5, 0.6) is 0 Å². The average molecular weight is 195 g/mol. The van der Waals surface area contributed by atoms with Crippen LogP contribution in [0, 0.1) is 11.3 Å². The lowest BCUT2D eigenvalue weighted by Gasteiger charge is -2.40. The topological polar surface area (TPSA) is 53.0 Å². The van der Waals surface area contributed by atoms with Crippen LogP contribution in [0.4, 0.5) is 0 Å². The fourth-order valence-corrected chi connectivity index (χ4v) is 2.34. The molecule has 0 aromatic carbocycles. The van der Waals surface area contributed by atoms with E-state index in [2.05, 4.69) is 17.9 Å². The quantitative estimate of drug-likeness (QED) is 0.691. The molecule has 1 aliphatic rings. The Morgan fingerprint density at radius 1 is 1.50 bits per heavy atom. The molecule has 1 heterocycles. The van der Waals surface area contributed by atoms with Crippen molar-refractivity contribution in [3.05, 3.63) is 0 Å². The van der Waals surface area contributed by atoms with Crippen LogP contribution in [0.15, 0.2) is 0 Å². The fraction of sp³-hybridized carbons (Fsp3) is 0.909. The zero-order valence-electron chi connectivity index (χ0n) is 9.08. The first kappa shape index (κ1) is 11.5. The monoisotopic (exact) mass is 195 g/mol. The average Bonchev–Trinajstić information content (AvgIpc) is 2.20. The molecule has 2 atom stereocenters. The Kier molecular flexibility index (Phi) is 4.92. The van der Waals surface area contributed by atoms with Crippen molar-refractivity contribution in [2.24, 2.45) is 5.73 Å². The lowest BCUT2D eigenvalue weighted by atomic mass is 9.96. The number of hydrogen-bond donors (Lipinski definition) is 1. The SMILES string of the molecule is CC1CCCC(CN)N1CCCC#N. The number of piperidine rings is 1. The lowest BCUT2D eigenvalue weighted by molar-refractivity contribution is 0.0965. The summed E-state index contributed by atoms with van der Waals surface area (Å²) in [6, 6.07) is 3.40. The molecule has 0 bridgehead atoms. The van der Waals surface area contributed by atoms with Crippen molar-refractivity contribution >= 4 is 0 Å². The van der Waals surface area contributed by atoms with Gasteiger partial charge in [-0.15, -0.1) is 0 Å². The fourth-order valence-electron chi connectivity index (χ4n) is 2.34. The second-order valence-electron chi connectivity index (χ2n) is 4.17. The molecule has 14 heavy (non-hydrogen) atoms. The normalized spacial score (nSPS) is 28.6. The van der Waals surface area contributed by atoms with Gasteiger partial charge in [-0.25, -0.2) is 0 Å². The zero-order valence-corrected chi connectivity index (χ0v) is 9.08. The Labute approximate surface area is 86.9 Å². The molecule has 0 aromatic rings. The summed E-state index contributed by atoms with van der Waals surface area (Å²) >= 11 is 0. The summed E-state index contributed by atoms with van der Waals surface area (Å²) in [6.07, 6.45) is 5.46. The van der Waals surface area contributed by atoms with E-state index < -0.39 is 0 Å². The Morgan fingerprint density at radius 2 is 2.29 bits per heavy atom. The van der Waals surface area contributed by atoms with E-state index in [9.17, 15) is 0 Å². The van der Waals surface area contributed by atoms with Gasteiger partial charge in [-0.3, -0.25) is 4.90 Å². The maximum Gasteiger partial charge on any atom is 0.0622 e. The van der Waals surface area contributed by atoms with E-state index in [-0.39, 0.29) is 0 Å². The molecule has 0 aliphatic carbocycles. The van der Waals surface area contributed by atoms with Crippen LogP contribution in [-0.4, -0.2) is 30.1 Å². The van der Waals surface area contributed by atoms with Crippen molar-refractivity contribution in [2.75, 3.05) is 13.1 Å². The molecule has 2 unspecified atom stereocenters. The molecule has 0 radical (unpaired) electrons. The molecular weight excluding hydrogens is 174 g/mol. The van der Waals surface area contributed by atoms with Gasteiger partial charge in [-0.2, -0.15) is 5.26 Å². The van der Waals surface area contributed by atoms with Crippen LogP contribution >= 0.6 is 0 Å². The summed E-state index contributed by atoms with van der Waals surface area (Å²) in [5.41, 5.74) is 5.75. The van der Waals surface area contributed by atoms with Gasteiger partial charge in [0.1, 0.15) is 0 Å². The summed E-state index contributed by atoms with van der Waals surface area (Å²) in [4.78, 5) is 2.49. The van der Waals surface area contributed by atoms with E-state index in [0.717, 1.165) is 19.5 Å². The van der Waals surface area contributed by atoms with Crippen LogP contribution in [0.1, 0.15) is 39.0 Å². The summed E-state index contributed by atoms with van der Waals surface area (Å²) in [5, 5.41) is 8.49. The molecule has 0 spiro atoms. The summed E-state index contributed by atoms with van der Waals surface area (Å²) in [7, 11) is 0. The molecule has 1 aliphatic heterocycles. The van der Waals surface area contributed by atoms with E-state index >= 15 is 0 Å². The van der Waals surface area contributed by atoms with Crippen molar-refractivity contribution in [3.63, 3.8) is 0 Å². The van der Waals surface area contributed by atoms with Gasteiger partial charge in [-0.05, 0) is 32.7 Å². The van der Waals surface area contributed by atoms with Crippen molar-refractivity contribution in [3.8, 4) is 6.07 Å². The highest BCUT2D eigenvalue weighted by molar-refractivity contribution is 4.83. The number of nitriles is 1. The van der Waals surface area contributed by atoms with Crippen molar-refractivity contribution in [1.29, 1.82) is 5.26 Å². The van der Waals surface area contributed by atoms with Crippen molar-refractivity contribution < 1.29 is 0 Å². The van der Waals surface area contributed by atoms with E-state index in [1.54, 1.807) is 0 Å². The highest BCUT2D eigenvalue weighted by atomic mass is 15.2. The van der Waals surface area contributed by atoms with Crippen LogP contribution < -0.4 is 5.73 Å².